The van der Waals surface area contributed by atoms with Crippen LogP contribution in [0.5, 0.6) is 0 Å². The molecule has 1 aliphatic heterocycles. The van der Waals surface area contributed by atoms with Gasteiger partial charge in [-0.25, -0.2) is 8.42 Å². The van der Waals surface area contributed by atoms with Crippen LogP contribution in [0.3, 0.4) is 0 Å². The van der Waals surface area contributed by atoms with E-state index in [4.69, 9.17) is 4.74 Å². The molecule has 1 heterocycles. The fraction of sp³-hybridized carbons (Fsp3) is 0.920. The van der Waals surface area contributed by atoms with E-state index in [2.05, 4.69) is 39.4 Å². The standard InChI is InChI=1S/C21H39INO.C4H10O3S/c1-2-3-4-5-6-7-8-9-10-11-12-13-16-23(17-14-15-22)18-20-24-21-19-23;1-2-3-4-8(5,6)7/h2-13,16-21H2,1H3;2-4H2,1H3,(H,5,6,7)/q+1;/p-1. The number of halogens is 1. The van der Waals surface area contributed by atoms with Crippen molar-refractivity contribution in [2.75, 3.05) is 45.1 Å². The van der Waals surface area contributed by atoms with Crippen molar-refractivity contribution in [3.05, 3.63) is 0 Å². The molecule has 1 fully saturated rings. The molecule has 5 nitrogen and oxygen atoms in total. The zero-order valence-corrected chi connectivity index (χ0v) is 23.7. The zero-order chi connectivity index (χ0) is 24.0. The van der Waals surface area contributed by atoms with Gasteiger partial charge in [0.05, 0.1) is 29.9 Å². The Bertz CT molecular complexity index is 580. The third-order valence-corrected chi connectivity index (χ3v) is 7.31. The Kier molecular flexibility index (Phi) is 21.7. The molecule has 1 rings (SSSR count). The first-order valence-corrected chi connectivity index (χ1v) is 15.5. The average molecular weight is 586 g/mol. The third kappa shape index (κ3) is 20.7. The fourth-order valence-corrected chi connectivity index (χ4v) is 4.81. The second-order valence-corrected chi connectivity index (χ2v) is 11.1. The quantitative estimate of drug-likeness (QED) is 0.0665. The highest BCUT2D eigenvalue weighted by atomic mass is 127. The molecule has 7 heteroatoms. The van der Waals surface area contributed by atoms with E-state index in [1.807, 2.05) is 6.92 Å². The molecule has 0 saturated carbocycles. The lowest BCUT2D eigenvalue weighted by Gasteiger charge is -2.40. The first kappa shape index (κ1) is 32.1. The van der Waals surface area contributed by atoms with Crippen molar-refractivity contribution in [3.63, 3.8) is 0 Å². The predicted octanol–water partition coefficient (Wildman–Crippen LogP) is 6.26. The Morgan fingerprint density at radius 1 is 0.812 bits per heavy atom. The molecule has 0 spiro atoms. The number of quaternary nitrogens is 1. The second kappa shape index (κ2) is 21.6. The van der Waals surface area contributed by atoms with Gasteiger partial charge in [-0.2, -0.15) is 0 Å². The normalized spacial score (nSPS) is 15.4. The van der Waals surface area contributed by atoms with Gasteiger partial charge in [-0.1, -0.05) is 84.5 Å². The van der Waals surface area contributed by atoms with Gasteiger partial charge in [-0.05, 0) is 29.1 Å². The van der Waals surface area contributed by atoms with E-state index in [1.165, 1.54) is 88.1 Å². The van der Waals surface area contributed by atoms with Gasteiger partial charge in [0.15, 0.2) is 0 Å². The molecule has 0 aromatic carbocycles. The molecule has 0 amide bonds. The fourth-order valence-electron chi connectivity index (χ4n) is 4.00. The zero-order valence-electron chi connectivity index (χ0n) is 20.7. The Morgan fingerprint density at radius 2 is 1.28 bits per heavy atom. The summed E-state index contributed by atoms with van der Waals surface area (Å²) >= 11 is 2.16. The van der Waals surface area contributed by atoms with E-state index in [9.17, 15) is 13.0 Å². The Balaban J connectivity index is 0.00000102. The average Bonchev–Trinajstić information content (AvgIpc) is 2.78. The highest BCUT2D eigenvalue weighted by Crippen LogP contribution is 2.16. The highest BCUT2D eigenvalue weighted by Gasteiger charge is 2.28. The highest BCUT2D eigenvalue weighted by molar-refractivity contribution is 14.1. The Labute approximate surface area is 212 Å². The van der Waals surface area contributed by atoms with Gasteiger partial charge >= 0.3 is 0 Å². The molecule has 32 heavy (non-hydrogen) atoms. The van der Waals surface area contributed by atoms with E-state index in [1.54, 1.807) is 0 Å². The van der Waals surface area contributed by atoms with E-state index < -0.39 is 10.1 Å². The summed E-state index contributed by atoms with van der Waals surface area (Å²) in [6.07, 6.45) is 18.3. The maximum absolute atomic E-state index is 9.83. The lowest BCUT2D eigenvalue weighted by atomic mass is 10.0. The summed E-state index contributed by atoms with van der Waals surface area (Å²) in [5, 5.41) is 0. The lowest BCUT2D eigenvalue weighted by molar-refractivity contribution is -0.928. The van der Waals surface area contributed by atoms with Crippen molar-refractivity contribution >= 4 is 32.7 Å². The van der Waals surface area contributed by atoms with Crippen LogP contribution < -0.4 is 0 Å². The molecule has 0 unspecified atom stereocenters. The minimum Gasteiger partial charge on any atom is -0.748 e. The maximum Gasteiger partial charge on any atom is 0.141 e. The van der Waals surface area contributed by atoms with Crippen molar-refractivity contribution in [3.8, 4) is 9.85 Å². The maximum atomic E-state index is 9.83. The van der Waals surface area contributed by atoms with Crippen LogP contribution >= 0.6 is 22.6 Å². The summed E-state index contributed by atoms with van der Waals surface area (Å²) in [7, 11) is -3.94. The number of ether oxygens (including phenoxy) is 1. The topological polar surface area (TPSA) is 66.4 Å². The molecular weight excluding hydrogens is 537 g/mol. The van der Waals surface area contributed by atoms with Gasteiger partial charge in [0.1, 0.15) is 19.6 Å². The van der Waals surface area contributed by atoms with Crippen LogP contribution in [0.15, 0.2) is 0 Å². The second-order valence-electron chi connectivity index (χ2n) is 9.06. The molecule has 0 aromatic heterocycles. The van der Waals surface area contributed by atoms with Crippen molar-refractivity contribution in [1.82, 2.24) is 0 Å². The minimum atomic E-state index is -3.94. The number of hydrogen-bond acceptors (Lipinski definition) is 4. The molecule has 0 atom stereocenters. The van der Waals surface area contributed by atoms with Crippen LogP contribution in [0.1, 0.15) is 104 Å². The molecule has 190 valence electrons. The lowest BCUT2D eigenvalue weighted by Crippen LogP contribution is -2.55. The number of unbranched alkanes of at least 4 members (excludes halogenated alkanes) is 12. The molecule has 0 aliphatic carbocycles. The third-order valence-electron chi connectivity index (χ3n) is 6.14. The van der Waals surface area contributed by atoms with Gasteiger partial charge < -0.3 is 13.8 Å². The summed E-state index contributed by atoms with van der Waals surface area (Å²) in [5.41, 5.74) is 0. The molecule has 1 saturated heterocycles. The van der Waals surface area contributed by atoms with Gasteiger partial charge in [-0.15, -0.1) is 0 Å². The molecular formula is C25H48INO4S. The van der Waals surface area contributed by atoms with Crippen LogP contribution in [0, 0.1) is 9.85 Å². The van der Waals surface area contributed by atoms with Gasteiger partial charge in [0.2, 0.25) is 0 Å². The van der Waals surface area contributed by atoms with Gasteiger partial charge in [-0.3, -0.25) is 0 Å². The summed E-state index contributed by atoms with van der Waals surface area (Å²) < 4.78 is 39.3. The minimum absolute atomic E-state index is 0.219. The molecule has 0 N–H and O–H groups in total. The van der Waals surface area contributed by atoms with E-state index >= 15 is 0 Å². The number of rotatable bonds is 17. The van der Waals surface area contributed by atoms with Crippen molar-refractivity contribution < 1.29 is 22.2 Å². The van der Waals surface area contributed by atoms with Gasteiger partial charge in [0.25, 0.3) is 0 Å². The molecule has 1 aliphatic rings. The van der Waals surface area contributed by atoms with E-state index in [-0.39, 0.29) is 5.75 Å². The molecule has 0 bridgehead atoms. The van der Waals surface area contributed by atoms with Crippen molar-refractivity contribution in [1.29, 1.82) is 0 Å². The van der Waals surface area contributed by atoms with Crippen LogP contribution in [0.25, 0.3) is 0 Å². The summed E-state index contributed by atoms with van der Waals surface area (Å²) in [5.74, 6) is 3.09. The number of morpholine rings is 1. The van der Waals surface area contributed by atoms with Gasteiger partial charge in [0, 0.05) is 28.3 Å². The molecule has 0 aromatic rings. The van der Waals surface area contributed by atoms with Crippen LogP contribution in [-0.4, -0.2) is 62.6 Å². The smallest absolute Gasteiger partial charge is 0.141 e. The monoisotopic (exact) mass is 585 g/mol. The van der Waals surface area contributed by atoms with E-state index in [0.717, 1.165) is 39.3 Å². The number of nitrogens with zero attached hydrogens (tertiary/aromatic N) is 1. The summed E-state index contributed by atoms with van der Waals surface area (Å²) in [4.78, 5) is 0. The SMILES string of the molecule is CCCCCCCCCCCCCC[N+]1(CC#CI)CCOCC1.CCCCS(=O)(=O)[O-]. The van der Waals surface area contributed by atoms with Crippen LogP contribution in [0.2, 0.25) is 0 Å². The van der Waals surface area contributed by atoms with Crippen molar-refractivity contribution in [2.45, 2.75) is 104 Å². The Hall–Kier alpha value is 0.120. The van der Waals surface area contributed by atoms with Crippen molar-refractivity contribution in [2.24, 2.45) is 0 Å². The van der Waals surface area contributed by atoms with Crippen LogP contribution in [-0.2, 0) is 14.9 Å². The summed E-state index contributed by atoms with van der Waals surface area (Å²) in [6, 6.07) is 0. The largest absolute Gasteiger partial charge is 0.748 e. The predicted molar refractivity (Wildman–Crippen MR) is 143 cm³/mol. The summed E-state index contributed by atoms with van der Waals surface area (Å²) in [6.45, 7) is 10.6. The first-order chi connectivity index (χ1) is 15.4. The molecule has 0 radical (unpaired) electrons. The Morgan fingerprint density at radius 3 is 1.69 bits per heavy atom. The van der Waals surface area contributed by atoms with E-state index in [0.29, 0.717) is 6.42 Å². The number of hydrogen-bond donors (Lipinski definition) is 0. The van der Waals surface area contributed by atoms with Crippen LogP contribution in [0.4, 0.5) is 0 Å². The first-order valence-electron chi connectivity index (χ1n) is 12.8.